The van der Waals surface area contributed by atoms with Crippen molar-refractivity contribution in [2.45, 2.75) is 25.7 Å². The highest BCUT2D eigenvalue weighted by Crippen LogP contribution is 2.43. The molecule has 0 bridgehead atoms. The van der Waals surface area contributed by atoms with Gasteiger partial charge in [0.25, 0.3) is 0 Å². The Balaban J connectivity index is 1.51. The van der Waals surface area contributed by atoms with Gasteiger partial charge in [0, 0.05) is 19.1 Å². The molecule has 1 saturated heterocycles. The summed E-state index contributed by atoms with van der Waals surface area (Å²) in [7, 11) is 0. The van der Waals surface area contributed by atoms with Crippen LogP contribution in [0.15, 0.2) is 24.4 Å². The number of hydrogen-bond donors (Lipinski definition) is 0. The van der Waals surface area contributed by atoms with Crippen LogP contribution < -0.4 is 9.64 Å². The van der Waals surface area contributed by atoms with Gasteiger partial charge in [-0.05, 0) is 18.6 Å². The van der Waals surface area contributed by atoms with Gasteiger partial charge in [0.05, 0.1) is 37.1 Å². The summed E-state index contributed by atoms with van der Waals surface area (Å²) in [6, 6.07) is 4.09. The number of alkyl halides is 3. The largest absolute Gasteiger partial charge is 0.489 e. The maximum atomic E-state index is 13.2. The Morgan fingerprint density at radius 1 is 1.23 bits per heavy atom. The normalized spacial score (nSPS) is 20.1. The standard InChI is InChI=1S/C17H19F3N4O2/c18-17(19,20)14-2-1-3-15-16(14)26-7-5-23(15)9-13-10-24(22-21-13)8-12-4-6-25-11-12/h1-3,10,12H,4-9,11H2. The van der Waals surface area contributed by atoms with E-state index in [0.717, 1.165) is 32.2 Å². The Morgan fingerprint density at radius 2 is 2.12 bits per heavy atom. The van der Waals surface area contributed by atoms with Gasteiger partial charge < -0.3 is 14.4 Å². The Kier molecular flexibility index (Phi) is 4.47. The highest BCUT2D eigenvalue weighted by Gasteiger charge is 2.37. The molecular formula is C17H19F3N4O2. The van der Waals surface area contributed by atoms with Gasteiger partial charge >= 0.3 is 6.18 Å². The van der Waals surface area contributed by atoms with Crippen LogP contribution in [0, 0.1) is 5.92 Å². The lowest BCUT2D eigenvalue weighted by Crippen LogP contribution is -2.33. The van der Waals surface area contributed by atoms with Crippen molar-refractivity contribution in [3.05, 3.63) is 35.7 Å². The molecule has 26 heavy (non-hydrogen) atoms. The Labute approximate surface area is 148 Å². The maximum absolute atomic E-state index is 13.2. The highest BCUT2D eigenvalue weighted by atomic mass is 19.4. The minimum Gasteiger partial charge on any atom is -0.489 e. The van der Waals surface area contributed by atoms with Crippen LogP contribution in [0.5, 0.6) is 5.75 Å². The first-order chi connectivity index (χ1) is 12.5. The van der Waals surface area contributed by atoms with Crippen LogP contribution in [0.4, 0.5) is 18.9 Å². The molecule has 0 aliphatic carbocycles. The molecule has 0 saturated carbocycles. The van der Waals surface area contributed by atoms with Crippen LogP contribution in [0.2, 0.25) is 0 Å². The number of para-hydroxylation sites is 1. The van der Waals surface area contributed by atoms with E-state index in [2.05, 4.69) is 10.3 Å². The van der Waals surface area contributed by atoms with E-state index in [-0.39, 0.29) is 12.4 Å². The molecule has 1 unspecified atom stereocenters. The summed E-state index contributed by atoms with van der Waals surface area (Å²) in [5.74, 6) is 0.324. The number of ether oxygens (including phenoxy) is 2. The van der Waals surface area contributed by atoms with Gasteiger partial charge in [-0.3, -0.25) is 4.68 Å². The molecule has 1 aromatic carbocycles. The summed E-state index contributed by atoms with van der Waals surface area (Å²) in [4.78, 5) is 1.85. The fourth-order valence-electron chi connectivity index (χ4n) is 3.38. The van der Waals surface area contributed by atoms with Crippen molar-refractivity contribution in [2.24, 2.45) is 5.92 Å². The highest BCUT2D eigenvalue weighted by molar-refractivity contribution is 5.64. The maximum Gasteiger partial charge on any atom is 0.420 e. The van der Waals surface area contributed by atoms with E-state index in [1.807, 2.05) is 11.1 Å². The molecule has 2 aromatic rings. The Morgan fingerprint density at radius 3 is 2.88 bits per heavy atom. The number of aromatic nitrogens is 3. The molecule has 6 nitrogen and oxygen atoms in total. The minimum absolute atomic E-state index is 0.109. The monoisotopic (exact) mass is 368 g/mol. The van der Waals surface area contributed by atoms with Crippen molar-refractivity contribution in [1.82, 2.24) is 15.0 Å². The zero-order chi connectivity index (χ0) is 18.1. The second-order valence-electron chi connectivity index (χ2n) is 6.58. The Hall–Kier alpha value is -2.29. The Bertz CT molecular complexity index is 772. The molecule has 1 atom stereocenters. The average molecular weight is 368 g/mol. The summed E-state index contributed by atoms with van der Waals surface area (Å²) in [6.07, 6.45) is -1.59. The molecule has 2 aliphatic heterocycles. The summed E-state index contributed by atoms with van der Waals surface area (Å²) >= 11 is 0. The van der Waals surface area contributed by atoms with Gasteiger partial charge in [-0.2, -0.15) is 13.2 Å². The van der Waals surface area contributed by atoms with E-state index < -0.39 is 11.7 Å². The van der Waals surface area contributed by atoms with Crippen molar-refractivity contribution in [3.63, 3.8) is 0 Å². The second kappa shape index (κ2) is 6.79. The summed E-state index contributed by atoms with van der Waals surface area (Å²) < 4.78 is 52.0. The van der Waals surface area contributed by atoms with Crippen molar-refractivity contribution in [2.75, 3.05) is 31.3 Å². The number of rotatable bonds is 4. The predicted molar refractivity (Wildman–Crippen MR) is 86.9 cm³/mol. The predicted octanol–water partition coefficient (Wildman–Crippen LogP) is 2.73. The fraction of sp³-hybridized carbons (Fsp3) is 0.529. The van der Waals surface area contributed by atoms with E-state index in [1.165, 1.54) is 6.07 Å². The van der Waals surface area contributed by atoms with Gasteiger partial charge in [-0.1, -0.05) is 11.3 Å². The first-order valence-electron chi connectivity index (χ1n) is 8.55. The first kappa shape index (κ1) is 17.1. The third kappa shape index (κ3) is 3.48. The third-order valence-corrected chi connectivity index (χ3v) is 4.66. The fourth-order valence-corrected chi connectivity index (χ4v) is 3.38. The molecule has 4 rings (SSSR count). The zero-order valence-corrected chi connectivity index (χ0v) is 14.1. The van der Waals surface area contributed by atoms with Crippen molar-refractivity contribution in [1.29, 1.82) is 0 Å². The van der Waals surface area contributed by atoms with E-state index in [1.54, 1.807) is 10.7 Å². The number of hydrogen-bond acceptors (Lipinski definition) is 5. The number of halogens is 3. The van der Waals surface area contributed by atoms with Crippen LogP contribution in [0.25, 0.3) is 0 Å². The SMILES string of the molecule is FC(F)(F)c1cccc2c1OCCN2Cc1cn(CC2CCOC2)nn1. The topological polar surface area (TPSA) is 52.4 Å². The third-order valence-electron chi connectivity index (χ3n) is 4.66. The number of benzene rings is 1. The molecule has 1 aromatic heterocycles. The molecular weight excluding hydrogens is 349 g/mol. The number of nitrogens with zero attached hydrogens (tertiary/aromatic N) is 4. The van der Waals surface area contributed by atoms with Crippen LogP contribution in [-0.2, 0) is 24.0 Å². The van der Waals surface area contributed by atoms with Gasteiger partial charge in [0.15, 0.2) is 5.75 Å². The first-order valence-corrected chi connectivity index (χ1v) is 8.55. The molecule has 1 fully saturated rings. The van der Waals surface area contributed by atoms with E-state index >= 15 is 0 Å². The minimum atomic E-state index is -4.44. The van der Waals surface area contributed by atoms with Crippen molar-refractivity contribution in [3.8, 4) is 5.75 Å². The van der Waals surface area contributed by atoms with Crippen LogP contribution in [-0.4, -0.2) is 41.4 Å². The van der Waals surface area contributed by atoms with Crippen LogP contribution in [0.3, 0.4) is 0 Å². The van der Waals surface area contributed by atoms with Crippen LogP contribution >= 0.6 is 0 Å². The lowest BCUT2D eigenvalue weighted by Gasteiger charge is -2.32. The molecule has 3 heterocycles. The molecule has 2 aliphatic rings. The quantitative estimate of drug-likeness (QED) is 0.831. The lowest BCUT2D eigenvalue weighted by atomic mass is 10.1. The summed E-state index contributed by atoms with van der Waals surface area (Å²) in [5, 5.41) is 8.30. The zero-order valence-electron chi connectivity index (χ0n) is 14.1. The average Bonchev–Trinajstić information content (AvgIpc) is 3.26. The van der Waals surface area contributed by atoms with E-state index in [4.69, 9.17) is 9.47 Å². The van der Waals surface area contributed by atoms with Gasteiger partial charge in [0.2, 0.25) is 0 Å². The summed E-state index contributed by atoms with van der Waals surface area (Å²) in [5.41, 5.74) is 0.406. The molecule has 0 radical (unpaired) electrons. The van der Waals surface area contributed by atoms with Crippen molar-refractivity contribution >= 4 is 5.69 Å². The second-order valence-corrected chi connectivity index (χ2v) is 6.58. The van der Waals surface area contributed by atoms with Gasteiger partial charge in [-0.25, -0.2) is 0 Å². The van der Waals surface area contributed by atoms with E-state index in [9.17, 15) is 13.2 Å². The summed E-state index contributed by atoms with van der Waals surface area (Å²) in [6.45, 7) is 3.33. The molecule has 0 spiro atoms. The lowest BCUT2D eigenvalue weighted by molar-refractivity contribution is -0.139. The smallest absolute Gasteiger partial charge is 0.420 e. The van der Waals surface area contributed by atoms with Crippen LogP contribution in [0.1, 0.15) is 17.7 Å². The van der Waals surface area contributed by atoms with E-state index in [0.29, 0.717) is 30.4 Å². The molecule has 9 heteroatoms. The van der Waals surface area contributed by atoms with Gasteiger partial charge in [-0.15, -0.1) is 5.10 Å². The van der Waals surface area contributed by atoms with Crippen molar-refractivity contribution < 1.29 is 22.6 Å². The van der Waals surface area contributed by atoms with Gasteiger partial charge in [0.1, 0.15) is 12.3 Å². The molecule has 0 N–H and O–H groups in total. The number of anilines is 1. The molecule has 140 valence electrons. The molecule has 0 amide bonds. The number of fused-ring (bicyclic) bond motifs is 1.